The zero-order valence-electron chi connectivity index (χ0n) is 16.6. The number of nitrogens with zero attached hydrogens (tertiary/aromatic N) is 8. The molecule has 1 N–H and O–H groups in total. The van der Waals surface area contributed by atoms with E-state index in [1.165, 1.54) is 0 Å². The molecule has 0 aliphatic carbocycles. The van der Waals surface area contributed by atoms with E-state index in [-0.39, 0.29) is 6.04 Å². The Morgan fingerprint density at radius 3 is 2.76 bits per heavy atom. The van der Waals surface area contributed by atoms with Crippen LogP contribution in [0.1, 0.15) is 25.2 Å². The second-order valence-corrected chi connectivity index (χ2v) is 6.92. The van der Waals surface area contributed by atoms with Crippen LogP contribution in [0.15, 0.2) is 55.2 Å². The van der Waals surface area contributed by atoms with Crippen LogP contribution in [0, 0.1) is 0 Å². The SMILES string of the molecule is CCC1c2nncn2-c2cnc(-n3cc[n+](C)c3-c3ccccc3)nc2N1NC. The Bertz CT molecular complexity index is 1160. The van der Waals surface area contributed by atoms with Gasteiger partial charge in [0.05, 0.1) is 18.8 Å². The highest BCUT2D eigenvalue weighted by Crippen LogP contribution is 2.36. The van der Waals surface area contributed by atoms with Gasteiger partial charge in [0.25, 0.3) is 5.82 Å². The second-order valence-electron chi connectivity index (χ2n) is 6.92. The van der Waals surface area contributed by atoms with Crippen molar-refractivity contribution >= 4 is 5.82 Å². The summed E-state index contributed by atoms with van der Waals surface area (Å²) in [5.74, 6) is 3.29. The zero-order valence-corrected chi connectivity index (χ0v) is 16.6. The highest BCUT2D eigenvalue weighted by atomic mass is 15.6. The maximum absolute atomic E-state index is 4.94. The monoisotopic (exact) mass is 388 g/mol. The molecule has 4 aromatic rings. The number of fused-ring (bicyclic) bond motifs is 3. The molecule has 0 radical (unpaired) electrons. The lowest BCUT2D eigenvalue weighted by atomic mass is 10.1. The van der Waals surface area contributed by atoms with E-state index in [1.54, 1.807) is 6.33 Å². The number of hydrogen-bond acceptors (Lipinski definition) is 6. The van der Waals surface area contributed by atoms with Gasteiger partial charge in [-0.1, -0.05) is 25.1 Å². The fraction of sp³-hybridized carbons (Fsp3) is 0.250. The van der Waals surface area contributed by atoms with E-state index in [9.17, 15) is 0 Å². The molecule has 4 heterocycles. The molecule has 146 valence electrons. The van der Waals surface area contributed by atoms with Crippen molar-refractivity contribution in [3.8, 4) is 23.0 Å². The molecule has 9 heteroatoms. The topological polar surface area (TPSA) is 80.6 Å². The van der Waals surface area contributed by atoms with Gasteiger partial charge in [0.2, 0.25) is 0 Å². The van der Waals surface area contributed by atoms with Crippen LogP contribution < -0.4 is 15.0 Å². The molecule has 1 aliphatic heterocycles. The average molecular weight is 388 g/mol. The summed E-state index contributed by atoms with van der Waals surface area (Å²) in [5, 5.41) is 10.5. The van der Waals surface area contributed by atoms with Crippen molar-refractivity contribution in [2.45, 2.75) is 19.4 Å². The first-order valence-electron chi connectivity index (χ1n) is 9.59. The van der Waals surface area contributed by atoms with E-state index in [1.807, 2.05) is 65.0 Å². The summed E-state index contributed by atoms with van der Waals surface area (Å²) in [6.45, 7) is 2.13. The number of anilines is 1. The van der Waals surface area contributed by atoms with Crippen LogP contribution in [0.2, 0.25) is 0 Å². The summed E-state index contributed by atoms with van der Waals surface area (Å²) < 4.78 is 6.04. The molecule has 9 nitrogen and oxygen atoms in total. The highest BCUT2D eigenvalue weighted by Gasteiger charge is 2.34. The Balaban J connectivity index is 1.69. The quantitative estimate of drug-likeness (QED) is 0.537. The first-order valence-corrected chi connectivity index (χ1v) is 9.59. The van der Waals surface area contributed by atoms with Crippen LogP contribution in [-0.2, 0) is 7.05 Å². The maximum atomic E-state index is 4.94. The summed E-state index contributed by atoms with van der Waals surface area (Å²) in [5.41, 5.74) is 5.22. The molecule has 3 aromatic heterocycles. The van der Waals surface area contributed by atoms with Gasteiger partial charge in [-0.25, -0.2) is 9.99 Å². The molecule has 0 bridgehead atoms. The Hall–Kier alpha value is -3.59. The van der Waals surface area contributed by atoms with Gasteiger partial charge >= 0.3 is 5.95 Å². The Morgan fingerprint density at radius 2 is 2.00 bits per heavy atom. The van der Waals surface area contributed by atoms with Gasteiger partial charge in [-0.05, 0) is 18.6 Å². The van der Waals surface area contributed by atoms with Crippen LogP contribution in [0.5, 0.6) is 0 Å². The largest absolute Gasteiger partial charge is 0.328 e. The van der Waals surface area contributed by atoms with Gasteiger partial charge in [0, 0.05) is 7.05 Å². The highest BCUT2D eigenvalue weighted by molar-refractivity contribution is 5.62. The van der Waals surface area contributed by atoms with E-state index in [2.05, 4.69) is 44.2 Å². The summed E-state index contributed by atoms with van der Waals surface area (Å²) >= 11 is 0. The Labute approximate surface area is 168 Å². The minimum atomic E-state index is 0.0344. The van der Waals surface area contributed by atoms with Gasteiger partial charge < -0.3 is 0 Å². The predicted molar refractivity (Wildman–Crippen MR) is 107 cm³/mol. The predicted octanol–water partition coefficient (Wildman–Crippen LogP) is 1.74. The summed E-state index contributed by atoms with van der Waals surface area (Å²) in [6.07, 6.45) is 8.41. The lowest BCUT2D eigenvalue weighted by molar-refractivity contribution is -0.659. The smallest absolute Gasteiger partial charge is 0.280 e. The lowest BCUT2D eigenvalue weighted by Gasteiger charge is -2.35. The average Bonchev–Trinajstić information content (AvgIpc) is 3.39. The van der Waals surface area contributed by atoms with Crippen molar-refractivity contribution in [2.75, 3.05) is 12.1 Å². The maximum Gasteiger partial charge on any atom is 0.328 e. The third-order valence-corrected chi connectivity index (χ3v) is 5.29. The van der Waals surface area contributed by atoms with Crippen LogP contribution in [0.25, 0.3) is 23.0 Å². The number of aromatic nitrogens is 7. The Morgan fingerprint density at radius 1 is 1.17 bits per heavy atom. The van der Waals surface area contributed by atoms with E-state index in [0.717, 1.165) is 35.1 Å². The van der Waals surface area contributed by atoms with Crippen LogP contribution >= 0.6 is 0 Å². The number of imidazole rings is 1. The fourth-order valence-corrected chi connectivity index (χ4v) is 3.94. The third kappa shape index (κ3) is 2.62. The van der Waals surface area contributed by atoms with Crippen molar-refractivity contribution < 1.29 is 4.57 Å². The number of hydrazine groups is 1. The van der Waals surface area contributed by atoms with Gasteiger partial charge in [-0.2, -0.15) is 14.5 Å². The first-order chi connectivity index (χ1) is 14.2. The van der Waals surface area contributed by atoms with Crippen LogP contribution in [0.4, 0.5) is 5.82 Å². The summed E-state index contributed by atoms with van der Waals surface area (Å²) in [7, 11) is 3.92. The molecule has 1 aromatic carbocycles. The normalized spacial score (nSPS) is 15.3. The number of hydrogen-bond donors (Lipinski definition) is 1. The van der Waals surface area contributed by atoms with Gasteiger partial charge in [0.15, 0.2) is 11.6 Å². The molecule has 0 amide bonds. The number of rotatable bonds is 4. The number of benzene rings is 1. The molecular weight excluding hydrogens is 366 g/mol. The van der Waals surface area contributed by atoms with Crippen molar-refractivity contribution in [2.24, 2.45) is 7.05 Å². The van der Waals surface area contributed by atoms with Crippen molar-refractivity contribution in [3.05, 3.63) is 61.1 Å². The zero-order chi connectivity index (χ0) is 20.0. The molecule has 0 saturated heterocycles. The van der Waals surface area contributed by atoms with Gasteiger partial charge in [-0.3, -0.25) is 9.58 Å². The fourth-order valence-electron chi connectivity index (χ4n) is 3.94. The van der Waals surface area contributed by atoms with Crippen molar-refractivity contribution in [3.63, 3.8) is 0 Å². The third-order valence-electron chi connectivity index (χ3n) is 5.29. The van der Waals surface area contributed by atoms with Crippen molar-refractivity contribution in [1.82, 2.24) is 34.7 Å². The molecule has 1 aliphatic rings. The van der Waals surface area contributed by atoms with Gasteiger partial charge in [-0.15, -0.1) is 10.2 Å². The van der Waals surface area contributed by atoms with Crippen LogP contribution in [-0.4, -0.2) is 36.3 Å². The number of nitrogens with one attached hydrogen (secondary N) is 1. The molecule has 29 heavy (non-hydrogen) atoms. The number of aryl methyl sites for hydroxylation is 1. The van der Waals surface area contributed by atoms with E-state index < -0.39 is 0 Å². The second kappa shape index (κ2) is 6.78. The molecule has 1 unspecified atom stereocenters. The molecule has 0 fully saturated rings. The molecule has 0 spiro atoms. The molecule has 0 saturated carbocycles. The Kier molecular flexibility index (Phi) is 4.09. The lowest BCUT2D eigenvalue weighted by Crippen LogP contribution is -2.43. The van der Waals surface area contributed by atoms with Crippen LogP contribution in [0.3, 0.4) is 0 Å². The van der Waals surface area contributed by atoms with E-state index in [4.69, 9.17) is 4.98 Å². The van der Waals surface area contributed by atoms with Gasteiger partial charge in [0.1, 0.15) is 30.5 Å². The molecule has 1 atom stereocenters. The first kappa shape index (κ1) is 17.5. The summed E-state index contributed by atoms with van der Waals surface area (Å²) in [4.78, 5) is 9.61. The minimum Gasteiger partial charge on any atom is -0.280 e. The standard InChI is InChI=1S/C20H22N9/c1-4-15-18-25-23-13-28(18)16-12-22-20(24-17(16)29(15)21-2)27-11-10-26(3)19(27)14-8-6-5-7-9-14/h5-13,15,21H,4H2,1-3H3/q+1. The molecular formula is C20H22N9+. The molecule has 5 rings (SSSR count). The minimum absolute atomic E-state index is 0.0344. The van der Waals surface area contributed by atoms with E-state index >= 15 is 0 Å². The van der Waals surface area contributed by atoms with Crippen molar-refractivity contribution in [1.29, 1.82) is 0 Å². The van der Waals surface area contributed by atoms with E-state index in [0.29, 0.717) is 5.95 Å². The summed E-state index contributed by atoms with van der Waals surface area (Å²) in [6, 6.07) is 10.3.